The maximum atomic E-state index is 12.5. The van der Waals surface area contributed by atoms with Crippen molar-refractivity contribution in [2.24, 2.45) is 4.99 Å². The number of aliphatic imine (C=N–C) groups is 1. The van der Waals surface area contributed by atoms with Crippen LogP contribution in [0.1, 0.15) is 18.1 Å². The Bertz CT molecular complexity index is 680. The second-order valence-corrected chi connectivity index (χ2v) is 5.41. The third kappa shape index (κ3) is 7.54. The minimum atomic E-state index is -2.85. The number of halogens is 3. The van der Waals surface area contributed by atoms with Crippen LogP contribution < -0.4 is 15.4 Å². The van der Waals surface area contributed by atoms with Gasteiger partial charge in [0.2, 0.25) is 0 Å². The van der Waals surface area contributed by atoms with Crippen molar-refractivity contribution < 1.29 is 13.5 Å². The number of aromatic nitrogens is 2. The molecular weight excluding hydrogens is 455 g/mol. The van der Waals surface area contributed by atoms with Crippen LogP contribution in [0.5, 0.6) is 5.75 Å². The molecule has 26 heavy (non-hydrogen) atoms. The van der Waals surface area contributed by atoms with Crippen LogP contribution in [0.2, 0.25) is 0 Å². The molecule has 0 aliphatic heterocycles. The third-order valence-corrected chi connectivity index (χ3v) is 3.41. The Hall–Kier alpha value is -1.91. The van der Waals surface area contributed by atoms with Crippen molar-refractivity contribution in [1.29, 1.82) is 0 Å². The molecule has 0 saturated carbocycles. The molecule has 1 aromatic carbocycles. The lowest BCUT2D eigenvalue weighted by Crippen LogP contribution is -2.38. The van der Waals surface area contributed by atoms with Crippen LogP contribution in [-0.4, -0.2) is 35.2 Å². The number of ether oxygens (including phenoxy) is 1. The lowest BCUT2D eigenvalue weighted by Gasteiger charge is -2.13. The van der Waals surface area contributed by atoms with E-state index in [2.05, 4.69) is 25.3 Å². The summed E-state index contributed by atoms with van der Waals surface area (Å²) in [6.07, 6.45) is 5.35. The zero-order valence-electron chi connectivity index (χ0n) is 14.8. The molecule has 2 rings (SSSR count). The zero-order chi connectivity index (χ0) is 18.1. The molecule has 144 valence electrons. The molecule has 0 atom stereocenters. The molecule has 0 fully saturated rings. The molecule has 0 unspecified atom stereocenters. The lowest BCUT2D eigenvalue weighted by atomic mass is 10.1. The topological polar surface area (TPSA) is 63.5 Å². The average molecular weight is 479 g/mol. The standard InChI is InChI=1S/C17H23F2N5O.HI/c1-3-21-17(22-7-9-24-8-6-20-12-24)23-11-14-10-13(2)4-5-15(14)25-16(18)19;/h4-6,8,10,12,16H,3,7,9,11H2,1-2H3,(H2,21,22,23);1H. The molecule has 2 aromatic rings. The van der Waals surface area contributed by atoms with Gasteiger partial charge in [0, 0.05) is 37.6 Å². The summed E-state index contributed by atoms with van der Waals surface area (Å²) in [7, 11) is 0. The van der Waals surface area contributed by atoms with Gasteiger partial charge in [-0.15, -0.1) is 24.0 Å². The molecule has 0 aliphatic rings. The minimum absolute atomic E-state index is 0. The van der Waals surface area contributed by atoms with Gasteiger partial charge in [-0.2, -0.15) is 8.78 Å². The first-order chi connectivity index (χ1) is 12.1. The monoisotopic (exact) mass is 479 g/mol. The van der Waals surface area contributed by atoms with Gasteiger partial charge in [0.1, 0.15) is 5.75 Å². The quantitative estimate of drug-likeness (QED) is 0.347. The number of alkyl halides is 2. The van der Waals surface area contributed by atoms with Crippen molar-refractivity contribution in [3.63, 3.8) is 0 Å². The Kier molecular flexibility index (Phi) is 9.92. The van der Waals surface area contributed by atoms with E-state index in [1.807, 2.05) is 24.6 Å². The second kappa shape index (κ2) is 11.7. The average Bonchev–Trinajstić information content (AvgIpc) is 3.08. The Morgan fingerprint density at radius 2 is 2.15 bits per heavy atom. The molecule has 9 heteroatoms. The van der Waals surface area contributed by atoms with E-state index in [-0.39, 0.29) is 36.3 Å². The van der Waals surface area contributed by atoms with Gasteiger partial charge in [0.15, 0.2) is 5.96 Å². The smallest absolute Gasteiger partial charge is 0.387 e. The molecule has 2 N–H and O–H groups in total. The fraction of sp³-hybridized carbons (Fsp3) is 0.412. The van der Waals surface area contributed by atoms with Crippen LogP contribution in [0.25, 0.3) is 0 Å². The lowest BCUT2D eigenvalue weighted by molar-refractivity contribution is -0.0504. The van der Waals surface area contributed by atoms with E-state index in [0.29, 0.717) is 24.6 Å². The van der Waals surface area contributed by atoms with Crippen molar-refractivity contribution in [2.45, 2.75) is 33.5 Å². The fourth-order valence-corrected chi connectivity index (χ4v) is 2.27. The number of imidazole rings is 1. The van der Waals surface area contributed by atoms with E-state index in [4.69, 9.17) is 0 Å². The Morgan fingerprint density at radius 1 is 1.35 bits per heavy atom. The Labute approximate surface area is 169 Å². The molecule has 0 saturated heterocycles. The number of hydrogen-bond donors (Lipinski definition) is 2. The molecular formula is C17H24F2IN5O. The number of benzene rings is 1. The predicted octanol–water partition coefficient (Wildman–Crippen LogP) is 3.17. The van der Waals surface area contributed by atoms with E-state index in [0.717, 1.165) is 12.1 Å². The number of nitrogens with one attached hydrogen (secondary N) is 2. The number of rotatable bonds is 8. The van der Waals surface area contributed by atoms with E-state index >= 15 is 0 Å². The van der Waals surface area contributed by atoms with Crippen molar-refractivity contribution in [1.82, 2.24) is 20.2 Å². The van der Waals surface area contributed by atoms with Crippen LogP contribution in [0.3, 0.4) is 0 Å². The number of hydrogen-bond acceptors (Lipinski definition) is 3. The molecule has 0 bridgehead atoms. The molecule has 0 radical (unpaired) electrons. The first-order valence-electron chi connectivity index (χ1n) is 8.10. The maximum absolute atomic E-state index is 12.5. The largest absolute Gasteiger partial charge is 0.434 e. The van der Waals surface area contributed by atoms with Crippen LogP contribution in [-0.2, 0) is 13.1 Å². The molecule has 0 spiro atoms. The highest BCUT2D eigenvalue weighted by Crippen LogP contribution is 2.22. The summed E-state index contributed by atoms with van der Waals surface area (Å²) < 4.78 is 31.6. The summed E-state index contributed by atoms with van der Waals surface area (Å²) >= 11 is 0. The third-order valence-electron chi connectivity index (χ3n) is 3.41. The van der Waals surface area contributed by atoms with E-state index in [1.54, 1.807) is 30.7 Å². The normalized spacial score (nSPS) is 11.2. The van der Waals surface area contributed by atoms with Gasteiger partial charge in [0.25, 0.3) is 0 Å². The second-order valence-electron chi connectivity index (χ2n) is 5.41. The van der Waals surface area contributed by atoms with Gasteiger partial charge in [-0.3, -0.25) is 0 Å². The van der Waals surface area contributed by atoms with Crippen LogP contribution in [0.15, 0.2) is 41.9 Å². The summed E-state index contributed by atoms with van der Waals surface area (Å²) in [6, 6.07) is 5.08. The van der Waals surface area contributed by atoms with E-state index < -0.39 is 6.61 Å². The number of nitrogens with zero attached hydrogens (tertiary/aromatic N) is 3. The van der Waals surface area contributed by atoms with E-state index in [9.17, 15) is 8.78 Å². The molecule has 1 aromatic heterocycles. The Morgan fingerprint density at radius 3 is 2.81 bits per heavy atom. The fourth-order valence-electron chi connectivity index (χ4n) is 2.27. The molecule has 0 amide bonds. The zero-order valence-corrected chi connectivity index (χ0v) is 17.1. The van der Waals surface area contributed by atoms with Crippen LogP contribution in [0.4, 0.5) is 8.78 Å². The van der Waals surface area contributed by atoms with Crippen molar-refractivity contribution in [3.05, 3.63) is 48.0 Å². The van der Waals surface area contributed by atoms with Crippen molar-refractivity contribution in [2.75, 3.05) is 13.1 Å². The highest BCUT2D eigenvalue weighted by atomic mass is 127. The minimum Gasteiger partial charge on any atom is -0.434 e. The summed E-state index contributed by atoms with van der Waals surface area (Å²) in [5.41, 5.74) is 1.58. The number of aryl methyl sites for hydroxylation is 1. The number of guanidine groups is 1. The maximum Gasteiger partial charge on any atom is 0.387 e. The van der Waals surface area contributed by atoms with Gasteiger partial charge in [-0.1, -0.05) is 17.7 Å². The molecule has 0 aliphatic carbocycles. The van der Waals surface area contributed by atoms with E-state index in [1.165, 1.54) is 0 Å². The van der Waals surface area contributed by atoms with Gasteiger partial charge in [-0.25, -0.2) is 9.98 Å². The highest BCUT2D eigenvalue weighted by molar-refractivity contribution is 14.0. The summed E-state index contributed by atoms with van der Waals surface area (Å²) in [5, 5.41) is 6.34. The van der Waals surface area contributed by atoms with Crippen LogP contribution >= 0.6 is 24.0 Å². The highest BCUT2D eigenvalue weighted by Gasteiger charge is 2.10. The summed E-state index contributed by atoms with van der Waals surface area (Å²) in [5.74, 6) is 0.769. The van der Waals surface area contributed by atoms with Gasteiger partial charge >= 0.3 is 6.61 Å². The van der Waals surface area contributed by atoms with Crippen LogP contribution in [0, 0.1) is 6.92 Å². The molecule has 1 heterocycles. The van der Waals surface area contributed by atoms with Gasteiger partial charge in [0.05, 0.1) is 12.9 Å². The predicted molar refractivity (Wildman–Crippen MR) is 108 cm³/mol. The SMILES string of the molecule is CCNC(=NCc1cc(C)ccc1OC(F)F)NCCn1ccnc1.I. The van der Waals surface area contributed by atoms with Gasteiger partial charge < -0.3 is 19.9 Å². The summed E-state index contributed by atoms with van der Waals surface area (Å²) in [4.78, 5) is 8.44. The summed E-state index contributed by atoms with van der Waals surface area (Å²) in [6.45, 7) is 3.35. The first kappa shape index (κ1) is 22.1. The first-order valence-corrected chi connectivity index (χ1v) is 8.10. The van der Waals surface area contributed by atoms with Crippen molar-refractivity contribution >= 4 is 29.9 Å². The van der Waals surface area contributed by atoms with Crippen molar-refractivity contribution in [3.8, 4) is 5.75 Å². The molecule has 6 nitrogen and oxygen atoms in total. The van der Waals surface area contributed by atoms with Gasteiger partial charge in [-0.05, 0) is 19.9 Å². The Balaban J connectivity index is 0.00000338.